The molecule has 0 heterocycles. The summed E-state index contributed by atoms with van der Waals surface area (Å²) in [5, 5.41) is 8.61. The van der Waals surface area contributed by atoms with Gasteiger partial charge in [0, 0.05) is 0 Å². The lowest BCUT2D eigenvalue weighted by molar-refractivity contribution is -0.136. The lowest BCUT2D eigenvalue weighted by Crippen LogP contribution is -1.99. The van der Waals surface area contributed by atoms with Crippen molar-refractivity contribution in [2.75, 3.05) is 4.43 Å². The maximum Gasteiger partial charge on any atom is 0.307 e. The molecule has 0 aliphatic rings. The molecule has 0 spiro atoms. The fourth-order valence-corrected chi connectivity index (χ4v) is 1.96. The van der Waals surface area contributed by atoms with E-state index in [1.807, 2.05) is 24.3 Å². The molecule has 0 amide bonds. The van der Waals surface area contributed by atoms with Crippen LogP contribution in [0.4, 0.5) is 0 Å². The summed E-state index contributed by atoms with van der Waals surface area (Å²) in [5.74, 6) is -0.771. The first kappa shape index (κ1) is 12.5. The van der Waals surface area contributed by atoms with Crippen molar-refractivity contribution in [3.8, 4) is 0 Å². The maximum atomic E-state index is 10.5. The van der Waals surface area contributed by atoms with Crippen LogP contribution in [0.5, 0.6) is 0 Å². The van der Waals surface area contributed by atoms with Gasteiger partial charge in [0.2, 0.25) is 0 Å². The molecule has 82 valence electrons. The van der Waals surface area contributed by atoms with Gasteiger partial charge in [-0.2, -0.15) is 0 Å². The summed E-state index contributed by atoms with van der Waals surface area (Å²) < 4.78 is 1.20. The predicted molar refractivity (Wildman–Crippen MR) is 69.6 cm³/mol. The SMILES string of the molecule is O=C(O)Cc1ccc(CCCCI)cc1. The molecular weight excluding hydrogens is 303 g/mol. The van der Waals surface area contributed by atoms with Gasteiger partial charge in [-0.1, -0.05) is 46.9 Å². The van der Waals surface area contributed by atoms with Crippen LogP contribution < -0.4 is 0 Å². The minimum Gasteiger partial charge on any atom is -0.481 e. The highest BCUT2D eigenvalue weighted by Crippen LogP contribution is 2.09. The third-order valence-corrected chi connectivity index (χ3v) is 2.99. The predicted octanol–water partition coefficient (Wildman–Crippen LogP) is 3.07. The Kier molecular flexibility index (Phi) is 5.68. The molecule has 0 saturated heterocycles. The molecule has 2 nitrogen and oxygen atoms in total. The first-order chi connectivity index (χ1) is 7.22. The topological polar surface area (TPSA) is 37.3 Å². The Bertz CT molecular complexity index is 306. The Hall–Kier alpha value is -0.580. The van der Waals surface area contributed by atoms with Crippen LogP contribution in [-0.2, 0) is 17.6 Å². The number of unbranched alkanes of at least 4 members (excludes halogenated alkanes) is 1. The van der Waals surface area contributed by atoms with E-state index in [1.165, 1.54) is 22.8 Å². The summed E-state index contributed by atoms with van der Waals surface area (Å²) in [6.07, 6.45) is 3.67. The summed E-state index contributed by atoms with van der Waals surface area (Å²) in [7, 11) is 0. The molecule has 0 aliphatic heterocycles. The average molecular weight is 318 g/mol. The summed E-state index contributed by atoms with van der Waals surface area (Å²) >= 11 is 2.38. The van der Waals surface area contributed by atoms with Crippen LogP contribution in [0.3, 0.4) is 0 Å². The van der Waals surface area contributed by atoms with Gasteiger partial charge >= 0.3 is 5.97 Å². The van der Waals surface area contributed by atoms with Crippen molar-refractivity contribution < 1.29 is 9.90 Å². The number of carbonyl (C=O) groups is 1. The molecule has 0 atom stereocenters. The third kappa shape index (κ3) is 5.16. The summed E-state index contributed by atoms with van der Waals surface area (Å²) in [4.78, 5) is 10.5. The number of rotatable bonds is 6. The molecule has 15 heavy (non-hydrogen) atoms. The van der Waals surface area contributed by atoms with Crippen molar-refractivity contribution in [3.63, 3.8) is 0 Å². The fraction of sp³-hybridized carbons (Fsp3) is 0.417. The van der Waals surface area contributed by atoms with E-state index >= 15 is 0 Å². The van der Waals surface area contributed by atoms with Crippen LogP contribution in [0.25, 0.3) is 0 Å². The Labute approximate surface area is 104 Å². The van der Waals surface area contributed by atoms with Crippen molar-refractivity contribution >= 4 is 28.6 Å². The number of aliphatic carboxylic acids is 1. The first-order valence-electron chi connectivity index (χ1n) is 5.08. The minimum atomic E-state index is -0.771. The normalized spacial score (nSPS) is 10.2. The number of hydrogen-bond acceptors (Lipinski definition) is 1. The Balaban J connectivity index is 2.45. The zero-order valence-electron chi connectivity index (χ0n) is 8.58. The summed E-state index contributed by atoms with van der Waals surface area (Å²) in [6, 6.07) is 7.89. The van der Waals surface area contributed by atoms with Gasteiger partial charge in [-0.15, -0.1) is 0 Å². The van der Waals surface area contributed by atoms with Gasteiger partial charge in [0.25, 0.3) is 0 Å². The number of alkyl halides is 1. The molecule has 0 aromatic heterocycles. The van der Waals surface area contributed by atoms with E-state index in [1.54, 1.807) is 0 Å². The van der Waals surface area contributed by atoms with Gasteiger partial charge < -0.3 is 5.11 Å². The number of carboxylic acids is 1. The summed E-state index contributed by atoms with van der Waals surface area (Å²) in [6.45, 7) is 0. The fourth-order valence-electron chi connectivity index (χ4n) is 1.42. The van der Waals surface area contributed by atoms with Gasteiger partial charge in [-0.3, -0.25) is 4.79 Å². The molecule has 1 aromatic rings. The molecule has 1 N–H and O–H groups in total. The van der Waals surface area contributed by atoms with Crippen LogP contribution in [0.2, 0.25) is 0 Å². The van der Waals surface area contributed by atoms with E-state index in [-0.39, 0.29) is 6.42 Å². The van der Waals surface area contributed by atoms with Gasteiger partial charge in [0.05, 0.1) is 6.42 Å². The molecule has 0 radical (unpaired) electrons. The van der Waals surface area contributed by atoms with E-state index in [0.29, 0.717) is 0 Å². The van der Waals surface area contributed by atoms with Crippen LogP contribution in [0.15, 0.2) is 24.3 Å². The van der Waals surface area contributed by atoms with Crippen molar-refractivity contribution in [1.82, 2.24) is 0 Å². The van der Waals surface area contributed by atoms with E-state index in [0.717, 1.165) is 12.0 Å². The van der Waals surface area contributed by atoms with Gasteiger partial charge in [0.15, 0.2) is 0 Å². The van der Waals surface area contributed by atoms with E-state index in [4.69, 9.17) is 5.11 Å². The highest BCUT2D eigenvalue weighted by atomic mass is 127. The largest absolute Gasteiger partial charge is 0.481 e. The molecule has 0 saturated carbocycles. The molecule has 3 heteroatoms. The Morgan fingerprint density at radius 1 is 1.13 bits per heavy atom. The number of aryl methyl sites for hydroxylation is 1. The smallest absolute Gasteiger partial charge is 0.307 e. The lowest BCUT2D eigenvalue weighted by atomic mass is 10.1. The minimum absolute atomic E-state index is 0.119. The standard InChI is InChI=1S/C12H15IO2/c13-8-2-1-3-10-4-6-11(7-5-10)9-12(14)15/h4-7H,1-3,8-9H2,(H,14,15). The van der Waals surface area contributed by atoms with Gasteiger partial charge in [0.1, 0.15) is 0 Å². The number of benzene rings is 1. The van der Waals surface area contributed by atoms with Gasteiger partial charge in [-0.25, -0.2) is 0 Å². The highest BCUT2D eigenvalue weighted by molar-refractivity contribution is 14.1. The van der Waals surface area contributed by atoms with Crippen molar-refractivity contribution in [2.45, 2.75) is 25.7 Å². The quantitative estimate of drug-likeness (QED) is 0.497. The van der Waals surface area contributed by atoms with E-state index < -0.39 is 5.97 Å². The zero-order chi connectivity index (χ0) is 11.1. The second kappa shape index (κ2) is 6.82. The Morgan fingerprint density at radius 3 is 2.27 bits per heavy atom. The highest BCUT2D eigenvalue weighted by Gasteiger charge is 2.00. The maximum absolute atomic E-state index is 10.5. The zero-order valence-corrected chi connectivity index (χ0v) is 10.7. The van der Waals surface area contributed by atoms with Crippen LogP contribution in [-0.4, -0.2) is 15.5 Å². The monoisotopic (exact) mass is 318 g/mol. The van der Waals surface area contributed by atoms with Crippen molar-refractivity contribution in [2.24, 2.45) is 0 Å². The van der Waals surface area contributed by atoms with Crippen molar-refractivity contribution in [3.05, 3.63) is 35.4 Å². The Morgan fingerprint density at radius 2 is 1.73 bits per heavy atom. The van der Waals surface area contributed by atoms with Crippen LogP contribution in [0, 0.1) is 0 Å². The molecular formula is C12H15IO2. The molecule has 1 rings (SSSR count). The molecule has 0 aliphatic carbocycles. The first-order valence-corrected chi connectivity index (χ1v) is 6.60. The average Bonchev–Trinajstić information content (AvgIpc) is 2.20. The van der Waals surface area contributed by atoms with Crippen LogP contribution >= 0.6 is 22.6 Å². The molecule has 0 bridgehead atoms. The van der Waals surface area contributed by atoms with Crippen LogP contribution in [0.1, 0.15) is 24.0 Å². The molecule has 1 aromatic carbocycles. The van der Waals surface area contributed by atoms with Crippen molar-refractivity contribution in [1.29, 1.82) is 0 Å². The lowest BCUT2D eigenvalue weighted by Gasteiger charge is -2.02. The molecule has 0 unspecified atom stereocenters. The number of hydrogen-bond donors (Lipinski definition) is 1. The second-order valence-corrected chi connectivity index (χ2v) is 4.61. The summed E-state index contributed by atoms with van der Waals surface area (Å²) in [5.41, 5.74) is 2.18. The number of carboxylic acid groups (broad SMARTS) is 1. The second-order valence-electron chi connectivity index (χ2n) is 3.53. The van der Waals surface area contributed by atoms with E-state index in [2.05, 4.69) is 22.6 Å². The van der Waals surface area contributed by atoms with E-state index in [9.17, 15) is 4.79 Å². The number of halogens is 1. The third-order valence-electron chi connectivity index (χ3n) is 2.23. The van der Waals surface area contributed by atoms with Gasteiger partial charge in [-0.05, 0) is 34.8 Å². The molecule has 0 fully saturated rings.